The molecule has 0 spiro atoms. The highest BCUT2D eigenvalue weighted by atomic mass is 19.2. The van der Waals surface area contributed by atoms with E-state index in [4.69, 9.17) is 0 Å². The van der Waals surface area contributed by atoms with Gasteiger partial charge < -0.3 is 0 Å². The van der Waals surface area contributed by atoms with Crippen LogP contribution in [0.2, 0.25) is 0 Å². The Kier molecular flexibility index (Phi) is 5.20. The number of hydrogen-bond donors (Lipinski definition) is 0. The molecule has 11 heteroatoms. The average Bonchev–Trinajstić information content (AvgIpc) is 2.68. The highest BCUT2D eigenvalue weighted by molar-refractivity contribution is 5.90. The Hall–Kier alpha value is -2.85. The van der Waals surface area contributed by atoms with E-state index in [1.165, 1.54) is 0 Å². The van der Waals surface area contributed by atoms with Gasteiger partial charge in [-0.1, -0.05) is 13.8 Å². The van der Waals surface area contributed by atoms with Crippen LogP contribution in [0.3, 0.4) is 0 Å². The van der Waals surface area contributed by atoms with Crippen molar-refractivity contribution in [2.45, 2.75) is 19.8 Å². The van der Waals surface area contributed by atoms with Crippen LogP contribution in [0.25, 0.3) is 21.9 Å². The van der Waals surface area contributed by atoms with Crippen molar-refractivity contribution >= 4 is 10.8 Å². The monoisotopic (exact) mass is 444 g/mol. The third-order valence-corrected chi connectivity index (χ3v) is 4.46. The van der Waals surface area contributed by atoms with Crippen molar-refractivity contribution in [1.82, 2.24) is 0 Å². The Morgan fingerprint density at radius 2 is 0.667 bits per heavy atom. The minimum absolute atomic E-state index is 1.13. The van der Waals surface area contributed by atoms with Gasteiger partial charge in [0.1, 0.15) is 5.82 Å². The summed E-state index contributed by atoms with van der Waals surface area (Å²) in [4.78, 5) is 0. The Bertz CT molecular complexity index is 1200. The van der Waals surface area contributed by atoms with Gasteiger partial charge in [-0.05, 0) is 5.92 Å². The summed E-state index contributed by atoms with van der Waals surface area (Å²) in [6.07, 6.45) is 0. The normalized spacial score (nSPS) is 11.8. The lowest BCUT2D eigenvalue weighted by Gasteiger charge is -2.17. The second kappa shape index (κ2) is 7.13. The zero-order valence-electron chi connectivity index (χ0n) is 14.7. The maximum Gasteiger partial charge on any atom is 0.198 e. The van der Waals surface area contributed by atoms with Crippen LogP contribution < -0.4 is 0 Å². The first kappa shape index (κ1) is 21.8. The summed E-state index contributed by atoms with van der Waals surface area (Å²) >= 11 is 0. The quantitative estimate of drug-likeness (QED) is 0.224. The Morgan fingerprint density at radius 3 is 1.07 bits per heavy atom. The van der Waals surface area contributed by atoms with Crippen molar-refractivity contribution in [2.75, 3.05) is 0 Å². The van der Waals surface area contributed by atoms with Crippen LogP contribution in [0.4, 0.5) is 48.3 Å². The standard InChI is InChI=1S/C19H7F11/c1-3(2)4-10(21)13(24)7(14(25)11(4)22)5-9(20)6-8(15(26)12(5)23)17(28)19(30)18(29)16(6)27/h3H,1-2H3. The number of hydrogen-bond acceptors (Lipinski definition) is 0. The predicted octanol–water partition coefficient (Wildman–Crippen LogP) is 7.16. The molecule has 0 unspecified atom stereocenters. The van der Waals surface area contributed by atoms with E-state index in [2.05, 4.69) is 0 Å². The van der Waals surface area contributed by atoms with E-state index in [1.807, 2.05) is 0 Å². The maximum absolute atomic E-state index is 14.8. The Labute approximate surface area is 160 Å². The van der Waals surface area contributed by atoms with Crippen LogP contribution in [0.15, 0.2) is 0 Å². The lowest BCUT2D eigenvalue weighted by Crippen LogP contribution is -2.11. The molecule has 0 heterocycles. The summed E-state index contributed by atoms with van der Waals surface area (Å²) < 4.78 is 155. The highest BCUT2D eigenvalue weighted by Gasteiger charge is 2.35. The SMILES string of the molecule is CC(C)c1c(F)c(F)c(-c2c(F)c(F)c3c(F)c(F)c(F)c(F)c3c2F)c(F)c1F. The summed E-state index contributed by atoms with van der Waals surface area (Å²) in [5.74, 6) is -28.0. The van der Waals surface area contributed by atoms with Crippen LogP contribution in [0.1, 0.15) is 25.3 Å². The molecule has 0 nitrogen and oxygen atoms in total. The van der Waals surface area contributed by atoms with Gasteiger partial charge in [-0.25, -0.2) is 48.3 Å². The van der Waals surface area contributed by atoms with E-state index < -0.39 is 97.4 Å². The molecule has 0 aliphatic heterocycles. The van der Waals surface area contributed by atoms with Crippen molar-refractivity contribution in [3.05, 3.63) is 69.6 Å². The van der Waals surface area contributed by atoms with Crippen molar-refractivity contribution in [2.24, 2.45) is 0 Å². The van der Waals surface area contributed by atoms with Crippen LogP contribution in [-0.4, -0.2) is 0 Å². The van der Waals surface area contributed by atoms with E-state index in [0.29, 0.717) is 0 Å². The predicted molar refractivity (Wildman–Crippen MR) is 83.0 cm³/mol. The van der Waals surface area contributed by atoms with Crippen molar-refractivity contribution < 1.29 is 48.3 Å². The molecule has 0 aromatic heterocycles. The molecular formula is C19H7F11. The third-order valence-electron chi connectivity index (χ3n) is 4.46. The van der Waals surface area contributed by atoms with Gasteiger partial charge in [-0.15, -0.1) is 0 Å². The summed E-state index contributed by atoms with van der Waals surface area (Å²) in [5.41, 5.74) is -5.43. The first-order valence-electron chi connectivity index (χ1n) is 8.02. The van der Waals surface area contributed by atoms with Gasteiger partial charge in [0, 0.05) is 5.56 Å². The molecule has 0 bridgehead atoms. The average molecular weight is 444 g/mol. The van der Waals surface area contributed by atoms with Crippen LogP contribution in [0.5, 0.6) is 0 Å². The molecular weight excluding hydrogens is 437 g/mol. The minimum atomic E-state index is -2.63. The Balaban J connectivity index is 2.61. The van der Waals surface area contributed by atoms with E-state index in [0.717, 1.165) is 13.8 Å². The molecule has 0 radical (unpaired) electrons. The fraction of sp³-hybridized carbons (Fsp3) is 0.158. The number of benzene rings is 3. The van der Waals surface area contributed by atoms with Crippen LogP contribution in [-0.2, 0) is 0 Å². The molecule has 0 aliphatic carbocycles. The molecule has 30 heavy (non-hydrogen) atoms. The smallest absolute Gasteiger partial charge is 0.198 e. The molecule has 3 aromatic rings. The molecule has 0 atom stereocenters. The zero-order chi connectivity index (χ0) is 22.8. The highest BCUT2D eigenvalue weighted by Crippen LogP contribution is 2.42. The summed E-state index contributed by atoms with van der Waals surface area (Å²) in [6, 6.07) is 0. The molecule has 160 valence electrons. The second-order valence-electron chi connectivity index (χ2n) is 6.52. The Morgan fingerprint density at radius 1 is 0.367 bits per heavy atom. The fourth-order valence-electron chi connectivity index (χ4n) is 3.08. The molecule has 0 fully saturated rings. The largest absolute Gasteiger partial charge is 0.205 e. The van der Waals surface area contributed by atoms with Gasteiger partial charge in [0.25, 0.3) is 0 Å². The molecule has 3 rings (SSSR count). The second-order valence-corrected chi connectivity index (χ2v) is 6.52. The number of rotatable bonds is 2. The molecule has 0 N–H and O–H groups in total. The van der Waals surface area contributed by atoms with Crippen molar-refractivity contribution in [3.8, 4) is 11.1 Å². The van der Waals surface area contributed by atoms with Gasteiger partial charge in [0.05, 0.1) is 21.9 Å². The summed E-state index contributed by atoms with van der Waals surface area (Å²) in [6.45, 7) is 2.26. The number of fused-ring (bicyclic) bond motifs is 1. The summed E-state index contributed by atoms with van der Waals surface area (Å²) in [7, 11) is 0. The lowest BCUT2D eigenvalue weighted by atomic mass is 9.93. The van der Waals surface area contributed by atoms with E-state index in [-0.39, 0.29) is 0 Å². The maximum atomic E-state index is 14.8. The lowest BCUT2D eigenvalue weighted by molar-refractivity contribution is 0.411. The molecule has 0 aliphatic rings. The molecule has 0 saturated carbocycles. The number of halogens is 11. The molecule has 0 amide bonds. The fourth-order valence-corrected chi connectivity index (χ4v) is 3.08. The van der Waals surface area contributed by atoms with Crippen LogP contribution in [0, 0.1) is 64.0 Å². The first-order valence-corrected chi connectivity index (χ1v) is 8.02. The van der Waals surface area contributed by atoms with Gasteiger partial charge in [0.15, 0.2) is 58.2 Å². The van der Waals surface area contributed by atoms with Crippen LogP contribution >= 0.6 is 0 Å². The van der Waals surface area contributed by atoms with Gasteiger partial charge >= 0.3 is 0 Å². The van der Waals surface area contributed by atoms with E-state index in [1.54, 1.807) is 0 Å². The van der Waals surface area contributed by atoms with Crippen molar-refractivity contribution in [1.29, 1.82) is 0 Å². The van der Waals surface area contributed by atoms with Gasteiger partial charge in [-0.2, -0.15) is 0 Å². The van der Waals surface area contributed by atoms with Gasteiger partial charge in [-0.3, -0.25) is 0 Å². The minimum Gasteiger partial charge on any atom is -0.205 e. The van der Waals surface area contributed by atoms with Gasteiger partial charge in [0.2, 0.25) is 0 Å². The molecule has 0 saturated heterocycles. The zero-order valence-corrected chi connectivity index (χ0v) is 14.7. The first-order chi connectivity index (χ1) is 13.8. The topological polar surface area (TPSA) is 0 Å². The van der Waals surface area contributed by atoms with E-state index in [9.17, 15) is 48.3 Å². The van der Waals surface area contributed by atoms with Crippen molar-refractivity contribution in [3.63, 3.8) is 0 Å². The molecule has 3 aromatic carbocycles. The van der Waals surface area contributed by atoms with E-state index >= 15 is 0 Å². The third kappa shape index (κ3) is 2.74. The summed E-state index contributed by atoms with van der Waals surface area (Å²) in [5, 5.41) is -4.08.